The van der Waals surface area contributed by atoms with E-state index in [1.54, 1.807) is 24.5 Å². The second kappa shape index (κ2) is 5.78. The molecule has 0 aliphatic carbocycles. The summed E-state index contributed by atoms with van der Waals surface area (Å²) < 4.78 is 0.795. The molecule has 1 heterocycles. The highest BCUT2D eigenvalue weighted by Gasteiger charge is 2.15. The minimum Gasteiger partial charge on any atom is -0.300 e. The normalized spacial score (nSPS) is 10.2. The van der Waals surface area contributed by atoms with E-state index in [1.807, 2.05) is 6.07 Å². The Kier molecular flexibility index (Phi) is 4.30. The summed E-state index contributed by atoms with van der Waals surface area (Å²) in [5, 5.41) is 9.99. The molecule has 7 heteroatoms. The van der Waals surface area contributed by atoms with Gasteiger partial charge >= 0.3 is 0 Å². The van der Waals surface area contributed by atoms with Crippen molar-refractivity contribution in [2.75, 3.05) is 6.26 Å². The summed E-state index contributed by atoms with van der Waals surface area (Å²) in [6.45, 7) is 0. The lowest BCUT2D eigenvalue weighted by Gasteiger charge is -2.07. The summed E-state index contributed by atoms with van der Waals surface area (Å²) in [6, 6.07) is 7.06. The molecule has 2 rings (SSSR count). The summed E-state index contributed by atoms with van der Waals surface area (Å²) in [5.41, 5.74) is 0.335. The maximum atomic E-state index is 11.8. The van der Waals surface area contributed by atoms with Gasteiger partial charge in [0.2, 0.25) is 0 Å². The van der Waals surface area contributed by atoms with E-state index in [1.165, 1.54) is 11.8 Å². The van der Waals surface area contributed by atoms with Crippen LogP contribution in [0.3, 0.4) is 0 Å². The third kappa shape index (κ3) is 2.84. The van der Waals surface area contributed by atoms with Crippen molar-refractivity contribution in [2.45, 2.75) is 5.16 Å². The molecule has 0 fully saturated rings. The molecule has 0 atom stereocenters. The van der Waals surface area contributed by atoms with Crippen molar-refractivity contribution in [3.8, 4) is 17.3 Å². The van der Waals surface area contributed by atoms with Crippen LogP contribution in [0.5, 0.6) is 0 Å². The predicted octanol–water partition coefficient (Wildman–Crippen LogP) is 3.45. The van der Waals surface area contributed by atoms with Gasteiger partial charge in [0.25, 0.3) is 5.56 Å². The van der Waals surface area contributed by atoms with Crippen LogP contribution in [-0.2, 0) is 0 Å². The standard InChI is InChI=1S/C12H7BrClN3OS/c1-19-12-16-10(8(5-15)11(18)17-12)7-4-6(13)2-3-9(7)14/h2-4H,1H3,(H,16,17,18). The number of nitrogens with one attached hydrogen (secondary N) is 1. The maximum absolute atomic E-state index is 11.8. The van der Waals surface area contributed by atoms with Crippen molar-refractivity contribution in [1.82, 2.24) is 9.97 Å². The molecule has 1 N–H and O–H groups in total. The Morgan fingerprint density at radius 3 is 2.89 bits per heavy atom. The molecule has 4 nitrogen and oxygen atoms in total. The van der Waals surface area contributed by atoms with Crippen LogP contribution in [0.15, 0.2) is 32.6 Å². The zero-order valence-corrected chi connectivity index (χ0v) is 12.9. The maximum Gasteiger partial charge on any atom is 0.270 e. The average molecular weight is 357 g/mol. The quantitative estimate of drug-likeness (QED) is 0.661. The van der Waals surface area contributed by atoms with E-state index >= 15 is 0 Å². The lowest BCUT2D eigenvalue weighted by atomic mass is 10.1. The molecule has 0 amide bonds. The number of hydrogen-bond acceptors (Lipinski definition) is 4. The molecule has 2 aromatic rings. The summed E-state index contributed by atoms with van der Waals surface area (Å²) in [5.74, 6) is 0. The topological polar surface area (TPSA) is 69.5 Å². The van der Waals surface area contributed by atoms with Crippen LogP contribution in [-0.4, -0.2) is 16.2 Å². The Labute approximate surface area is 127 Å². The second-order valence-electron chi connectivity index (χ2n) is 3.53. The van der Waals surface area contributed by atoms with E-state index in [-0.39, 0.29) is 5.56 Å². The van der Waals surface area contributed by atoms with Gasteiger partial charge in [0, 0.05) is 10.0 Å². The number of halogens is 2. The number of nitriles is 1. The van der Waals surface area contributed by atoms with E-state index in [9.17, 15) is 4.79 Å². The molecule has 1 aromatic heterocycles. The van der Waals surface area contributed by atoms with Gasteiger partial charge in [-0.2, -0.15) is 5.26 Å². The van der Waals surface area contributed by atoms with Crippen LogP contribution < -0.4 is 5.56 Å². The molecule has 0 saturated carbocycles. The smallest absolute Gasteiger partial charge is 0.270 e. The average Bonchev–Trinajstić information content (AvgIpc) is 2.40. The molecule has 96 valence electrons. The Morgan fingerprint density at radius 2 is 2.26 bits per heavy atom. The molecule has 19 heavy (non-hydrogen) atoms. The number of rotatable bonds is 2. The molecular weight excluding hydrogens is 350 g/mol. The molecule has 1 aromatic carbocycles. The van der Waals surface area contributed by atoms with E-state index in [2.05, 4.69) is 25.9 Å². The Bertz CT molecular complexity index is 739. The summed E-state index contributed by atoms with van der Waals surface area (Å²) in [4.78, 5) is 18.6. The highest BCUT2D eigenvalue weighted by molar-refractivity contribution is 9.10. The minimum atomic E-state index is -0.465. The van der Waals surface area contributed by atoms with Gasteiger partial charge in [-0.05, 0) is 24.5 Å². The third-order valence-corrected chi connectivity index (χ3v) is 3.79. The predicted molar refractivity (Wildman–Crippen MR) is 79.5 cm³/mol. The molecule has 0 bridgehead atoms. The van der Waals surface area contributed by atoms with E-state index in [0.29, 0.717) is 21.4 Å². The highest BCUT2D eigenvalue weighted by atomic mass is 79.9. The van der Waals surface area contributed by atoms with Crippen LogP contribution in [0.4, 0.5) is 0 Å². The number of nitrogens with zero attached hydrogens (tertiary/aromatic N) is 2. The van der Waals surface area contributed by atoms with E-state index in [0.717, 1.165) is 4.47 Å². The Hall–Kier alpha value is -1.29. The van der Waals surface area contributed by atoms with Crippen molar-refractivity contribution in [2.24, 2.45) is 0 Å². The fourth-order valence-electron chi connectivity index (χ4n) is 1.53. The zero-order valence-electron chi connectivity index (χ0n) is 9.70. The SMILES string of the molecule is CSc1nc(-c2cc(Br)ccc2Cl)c(C#N)c(=O)[nH]1. The fraction of sp³-hybridized carbons (Fsp3) is 0.0833. The van der Waals surface area contributed by atoms with Gasteiger partial charge in [-0.25, -0.2) is 4.98 Å². The van der Waals surface area contributed by atoms with Gasteiger partial charge in [-0.1, -0.05) is 39.3 Å². The molecule has 0 spiro atoms. The molecule has 0 unspecified atom stereocenters. The summed E-state index contributed by atoms with van der Waals surface area (Å²) >= 11 is 10.7. The first-order valence-electron chi connectivity index (χ1n) is 5.10. The van der Waals surface area contributed by atoms with Crippen LogP contribution in [0, 0.1) is 11.3 Å². The number of thioether (sulfide) groups is 1. The third-order valence-electron chi connectivity index (χ3n) is 2.39. The molecule has 0 aliphatic rings. The molecular formula is C12H7BrClN3OS. The van der Waals surface area contributed by atoms with Crippen molar-refractivity contribution in [3.63, 3.8) is 0 Å². The van der Waals surface area contributed by atoms with Crippen LogP contribution in [0.25, 0.3) is 11.3 Å². The van der Waals surface area contributed by atoms with Gasteiger partial charge in [0.15, 0.2) is 5.16 Å². The number of aromatic nitrogens is 2. The number of hydrogen-bond donors (Lipinski definition) is 1. The van der Waals surface area contributed by atoms with Gasteiger partial charge in [-0.15, -0.1) is 0 Å². The molecule has 0 radical (unpaired) electrons. The molecule has 0 aliphatic heterocycles. The first kappa shape index (κ1) is 14.1. The summed E-state index contributed by atoms with van der Waals surface area (Å²) in [7, 11) is 0. The largest absolute Gasteiger partial charge is 0.300 e. The number of H-pyrrole nitrogens is 1. The van der Waals surface area contributed by atoms with E-state index < -0.39 is 5.56 Å². The van der Waals surface area contributed by atoms with Crippen molar-refractivity contribution >= 4 is 39.3 Å². The van der Waals surface area contributed by atoms with Crippen LogP contribution >= 0.6 is 39.3 Å². The fourth-order valence-corrected chi connectivity index (χ4v) is 2.47. The summed E-state index contributed by atoms with van der Waals surface area (Å²) in [6.07, 6.45) is 1.79. The monoisotopic (exact) mass is 355 g/mol. The number of benzene rings is 1. The van der Waals surface area contributed by atoms with Crippen molar-refractivity contribution in [1.29, 1.82) is 5.26 Å². The Balaban J connectivity index is 2.81. The zero-order chi connectivity index (χ0) is 14.0. The van der Waals surface area contributed by atoms with Crippen molar-refractivity contribution in [3.05, 3.63) is 43.6 Å². The van der Waals surface area contributed by atoms with Gasteiger partial charge in [-0.3, -0.25) is 4.79 Å². The number of aromatic amines is 1. The van der Waals surface area contributed by atoms with E-state index in [4.69, 9.17) is 16.9 Å². The lowest BCUT2D eigenvalue weighted by Crippen LogP contribution is -2.14. The second-order valence-corrected chi connectivity index (χ2v) is 5.65. The molecule has 0 saturated heterocycles. The van der Waals surface area contributed by atoms with Gasteiger partial charge < -0.3 is 4.98 Å². The van der Waals surface area contributed by atoms with Crippen LogP contribution in [0.2, 0.25) is 5.02 Å². The minimum absolute atomic E-state index is 0.0437. The highest BCUT2D eigenvalue weighted by Crippen LogP contribution is 2.31. The van der Waals surface area contributed by atoms with Gasteiger partial charge in [0.1, 0.15) is 11.6 Å². The first-order valence-corrected chi connectivity index (χ1v) is 7.50. The lowest BCUT2D eigenvalue weighted by molar-refractivity contribution is 0.937. The van der Waals surface area contributed by atoms with Crippen molar-refractivity contribution < 1.29 is 0 Å². The first-order chi connectivity index (χ1) is 9.06. The Morgan fingerprint density at radius 1 is 1.53 bits per heavy atom. The van der Waals surface area contributed by atoms with Gasteiger partial charge in [0.05, 0.1) is 10.7 Å². The van der Waals surface area contributed by atoms with Crippen LogP contribution in [0.1, 0.15) is 5.56 Å².